The molecule has 0 saturated carbocycles. The van der Waals surface area contributed by atoms with Crippen LogP contribution in [-0.2, 0) is 9.53 Å². The molecule has 1 aliphatic heterocycles. The van der Waals surface area contributed by atoms with E-state index >= 15 is 0 Å². The Kier molecular flexibility index (Phi) is 7.64. The zero-order valence-electron chi connectivity index (χ0n) is 18.5. The van der Waals surface area contributed by atoms with Gasteiger partial charge in [0.1, 0.15) is 11.5 Å². The van der Waals surface area contributed by atoms with Crippen molar-refractivity contribution < 1.29 is 23.8 Å². The number of halogens is 1. The minimum atomic E-state index is -0.759. The second kappa shape index (κ2) is 10.4. The van der Waals surface area contributed by atoms with Crippen LogP contribution in [0.2, 0.25) is 5.02 Å². The molecule has 3 rings (SSSR count). The van der Waals surface area contributed by atoms with Gasteiger partial charge in [-0.15, -0.1) is 0 Å². The maximum Gasteiger partial charge on any atom is 0.338 e. The number of amides is 2. The first-order valence-corrected chi connectivity index (χ1v) is 10.8. The van der Waals surface area contributed by atoms with E-state index in [-0.39, 0.29) is 11.7 Å². The van der Waals surface area contributed by atoms with Crippen LogP contribution >= 0.6 is 11.6 Å². The van der Waals surface area contributed by atoms with Crippen LogP contribution in [-0.4, -0.2) is 31.8 Å². The molecule has 2 aromatic rings. The molecule has 0 spiro atoms. The zero-order valence-corrected chi connectivity index (χ0v) is 19.3. The highest BCUT2D eigenvalue weighted by molar-refractivity contribution is 6.32. The number of urea groups is 1. The predicted octanol–water partition coefficient (Wildman–Crippen LogP) is 4.85. The van der Waals surface area contributed by atoms with Gasteiger partial charge in [0.2, 0.25) is 0 Å². The molecule has 1 atom stereocenters. The van der Waals surface area contributed by atoms with E-state index in [2.05, 4.69) is 10.6 Å². The monoisotopic (exact) mass is 458 g/mol. The Labute approximate surface area is 192 Å². The summed E-state index contributed by atoms with van der Waals surface area (Å²) >= 11 is 6.42. The summed E-state index contributed by atoms with van der Waals surface area (Å²) < 4.78 is 16.4. The van der Waals surface area contributed by atoms with Crippen LogP contribution in [0.5, 0.6) is 11.5 Å². The standard InChI is InChI=1S/C24H27ClN2O5/c1-5-12-31-19-11-8-16(13-18(19)25)22-20(23(28)32-14(2)3)21(26-24(29)27-22)15-6-9-17(30-4)10-7-15/h6-11,13-14,22H,5,12H2,1-4H3,(H2,26,27,29). The number of hydrogen-bond acceptors (Lipinski definition) is 5. The molecule has 2 N–H and O–H groups in total. The Morgan fingerprint density at radius 3 is 2.47 bits per heavy atom. The van der Waals surface area contributed by atoms with Gasteiger partial charge < -0.3 is 24.8 Å². The van der Waals surface area contributed by atoms with Gasteiger partial charge in [-0.1, -0.05) is 24.6 Å². The first-order chi connectivity index (χ1) is 15.3. The fourth-order valence-corrected chi connectivity index (χ4v) is 3.57. The molecule has 0 aromatic heterocycles. The number of nitrogens with one attached hydrogen (secondary N) is 2. The number of hydrogen-bond donors (Lipinski definition) is 2. The number of esters is 1. The van der Waals surface area contributed by atoms with E-state index in [0.29, 0.717) is 40.0 Å². The third-order valence-corrected chi connectivity index (χ3v) is 5.06. The quantitative estimate of drug-likeness (QED) is 0.552. The van der Waals surface area contributed by atoms with Crippen LogP contribution in [0.25, 0.3) is 5.70 Å². The number of rotatable bonds is 8. The van der Waals surface area contributed by atoms with Gasteiger partial charge in [0.05, 0.1) is 42.2 Å². The van der Waals surface area contributed by atoms with E-state index in [1.807, 2.05) is 6.92 Å². The fraction of sp³-hybridized carbons (Fsp3) is 0.333. The van der Waals surface area contributed by atoms with Gasteiger partial charge in [0.15, 0.2) is 0 Å². The molecule has 32 heavy (non-hydrogen) atoms. The average Bonchev–Trinajstić information content (AvgIpc) is 2.77. The SMILES string of the molecule is CCCOc1ccc(C2NC(=O)NC(c3ccc(OC)cc3)=C2C(=O)OC(C)C)cc1Cl. The van der Waals surface area contributed by atoms with Crippen LogP contribution in [0.4, 0.5) is 4.79 Å². The van der Waals surface area contributed by atoms with Gasteiger partial charge in [0.25, 0.3) is 0 Å². The lowest BCUT2D eigenvalue weighted by Crippen LogP contribution is -2.45. The van der Waals surface area contributed by atoms with Gasteiger partial charge in [-0.3, -0.25) is 0 Å². The Morgan fingerprint density at radius 2 is 1.88 bits per heavy atom. The largest absolute Gasteiger partial charge is 0.497 e. The molecule has 2 amide bonds. The summed E-state index contributed by atoms with van der Waals surface area (Å²) in [6.45, 7) is 6.08. The molecule has 0 bridgehead atoms. The molecule has 0 saturated heterocycles. The van der Waals surface area contributed by atoms with Crippen LogP contribution in [0, 0.1) is 0 Å². The van der Waals surface area contributed by atoms with E-state index < -0.39 is 18.0 Å². The molecule has 1 unspecified atom stereocenters. The topological polar surface area (TPSA) is 85.9 Å². The molecular weight excluding hydrogens is 432 g/mol. The number of benzene rings is 2. The molecule has 7 nitrogen and oxygen atoms in total. The van der Waals surface area contributed by atoms with Crippen molar-refractivity contribution in [3.05, 3.63) is 64.2 Å². The van der Waals surface area contributed by atoms with Crippen molar-refractivity contribution in [3.8, 4) is 11.5 Å². The summed E-state index contributed by atoms with van der Waals surface area (Å²) in [5.74, 6) is 0.667. The number of carbonyl (C=O) groups is 2. The van der Waals surface area contributed by atoms with Gasteiger partial charge >= 0.3 is 12.0 Å². The Morgan fingerprint density at radius 1 is 1.16 bits per heavy atom. The first-order valence-electron chi connectivity index (χ1n) is 10.4. The molecule has 170 valence electrons. The normalized spacial score (nSPS) is 15.8. The highest BCUT2D eigenvalue weighted by Crippen LogP contribution is 2.36. The maximum absolute atomic E-state index is 13.1. The van der Waals surface area contributed by atoms with Gasteiger partial charge in [-0.25, -0.2) is 9.59 Å². The fourth-order valence-electron chi connectivity index (χ4n) is 3.32. The molecule has 2 aromatic carbocycles. The second-order valence-corrected chi connectivity index (χ2v) is 7.95. The van der Waals surface area contributed by atoms with Crippen molar-refractivity contribution in [2.45, 2.75) is 39.3 Å². The summed E-state index contributed by atoms with van der Waals surface area (Å²) in [6.07, 6.45) is 0.514. The third kappa shape index (κ3) is 5.34. The molecule has 1 heterocycles. The predicted molar refractivity (Wildman–Crippen MR) is 123 cm³/mol. The first kappa shape index (κ1) is 23.5. The summed E-state index contributed by atoms with van der Waals surface area (Å²) in [7, 11) is 1.57. The van der Waals surface area contributed by atoms with Crippen molar-refractivity contribution in [2.24, 2.45) is 0 Å². The van der Waals surface area contributed by atoms with Gasteiger partial charge in [-0.2, -0.15) is 0 Å². The van der Waals surface area contributed by atoms with Crippen LogP contribution in [0.15, 0.2) is 48.0 Å². The average molecular weight is 459 g/mol. The number of carbonyl (C=O) groups excluding carboxylic acids is 2. The van der Waals surface area contributed by atoms with Gasteiger partial charge in [-0.05, 0) is 67.8 Å². The van der Waals surface area contributed by atoms with E-state index in [0.717, 1.165) is 6.42 Å². The lowest BCUT2D eigenvalue weighted by molar-refractivity contribution is -0.143. The molecule has 0 aliphatic carbocycles. The summed E-state index contributed by atoms with van der Waals surface area (Å²) in [6, 6.07) is 11.1. The van der Waals surface area contributed by atoms with E-state index in [1.54, 1.807) is 63.4 Å². The molecule has 8 heteroatoms. The van der Waals surface area contributed by atoms with Crippen molar-refractivity contribution in [3.63, 3.8) is 0 Å². The molecule has 0 fully saturated rings. The third-order valence-electron chi connectivity index (χ3n) is 4.76. The minimum absolute atomic E-state index is 0.279. The van der Waals surface area contributed by atoms with Crippen molar-refractivity contribution in [2.75, 3.05) is 13.7 Å². The summed E-state index contributed by atoms with van der Waals surface area (Å²) in [5.41, 5.74) is 1.93. The second-order valence-electron chi connectivity index (χ2n) is 7.54. The summed E-state index contributed by atoms with van der Waals surface area (Å²) in [4.78, 5) is 25.7. The highest BCUT2D eigenvalue weighted by Gasteiger charge is 2.35. The number of methoxy groups -OCH3 is 1. The van der Waals surface area contributed by atoms with Crippen molar-refractivity contribution in [1.29, 1.82) is 0 Å². The van der Waals surface area contributed by atoms with Crippen LogP contribution < -0.4 is 20.1 Å². The van der Waals surface area contributed by atoms with Crippen LogP contribution in [0.3, 0.4) is 0 Å². The smallest absolute Gasteiger partial charge is 0.338 e. The Balaban J connectivity index is 2.10. The maximum atomic E-state index is 13.1. The van der Waals surface area contributed by atoms with E-state index in [9.17, 15) is 9.59 Å². The Hall–Kier alpha value is -3.19. The highest BCUT2D eigenvalue weighted by atomic mass is 35.5. The van der Waals surface area contributed by atoms with E-state index in [4.69, 9.17) is 25.8 Å². The van der Waals surface area contributed by atoms with E-state index in [1.165, 1.54) is 0 Å². The number of ether oxygens (including phenoxy) is 3. The van der Waals surface area contributed by atoms with Crippen molar-refractivity contribution in [1.82, 2.24) is 10.6 Å². The molecular formula is C24H27ClN2O5. The van der Waals surface area contributed by atoms with Crippen LogP contribution in [0.1, 0.15) is 44.4 Å². The molecule has 1 aliphatic rings. The van der Waals surface area contributed by atoms with Gasteiger partial charge in [0, 0.05) is 0 Å². The Bertz CT molecular complexity index is 1020. The lowest BCUT2D eigenvalue weighted by atomic mass is 9.92. The van der Waals surface area contributed by atoms with Crippen molar-refractivity contribution >= 4 is 29.3 Å². The zero-order chi connectivity index (χ0) is 23.3. The lowest BCUT2D eigenvalue weighted by Gasteiger charge is -2.30. The minimum Gasteiger partial charge on any atom is -0.497 e. The summed E-state index contributed by atoms with van der Waals surface area (Å²) in [5, 5.41) is 5.97. The molecule has 0 radical (unpaired) electrons.